The number of hydrogen-bond donors (Lipinski definition) is 0. The van der Waals surface area contributed by atoms with Crippen molar-refractivity contribution in [2.24, 2.45) is 0 Å². The molecule has 0 saturated carbocycles. The van der Waals surface area contributed by atoms with Crippen molar-refractivity contribution >= 4 is 28.5 Å². The van der Waals surface area contributed by atoms with E-state index in [0.717, 1.165) is 10.9 Å². The Morgan fingerprint density at radius 1 is 1.28 bits per heavy atom. The van der Waals surface area contributed by atoms with Gasteiger partial charge in [-0.05, 0) is 32.4 Å². The average molecular weight is 366 g/mol. The number of halogens is 1. The van der Waals surface area contributed by atoms with Crippen LogP contribution in [0.4, 0.5) is 0 Å². The molecule has 0 radical (unpaired) electrons. The summed E-state index contributed by atoms with van der Waals surface area (Å²) >= 11 is 6.24. The minimum Gasteiger partial charge on any atom is -0.482 e. The van der Waals surface area contributed by atoms with Crippen LogP contribution in [0.25, 0.3) is 11.0 Å². The smallest absolute Gasteiger partial charge is 0.336 e. The number of nitrogens with zero attached hydrogens (tertiary/aromatic N) is 1. The van der Waals surface area contributed by atoms with Crippen LogP contribution >= 0.6 is 11.6 Å². The second-order valence-electron chi connectivity index (χ2n) is 6.37. The minimum atomic E-state index is -0.439. The standard InChI is InChI=1S/C18H20ClNO5/c1-10-4-18(22)25-15-6-16(14(19)5-13(10)15)23-9-17(21)20-7-11(2)24-12(3)8-20/h4-6,11-12H,7-9H2,1-3H3/t11-,12+. The Morgan fingerprint density at radius 3 is 2.64 bits per heavy atom. The first kappa shape index (κ1) is 17.8. The second-order valence-corrected chi connectivity index (χ2v) is 6.78. The fourth-order valence-corrected chi connectivity index (χ4v) is 3.26. The molecule has 1 saturated heterocycles. The Hall–Kier alpha value is -2.05. The molecule has 1 aliphatic rings. The Kier molecular flexibility index (Phi) is 5.01. The molecule has 1 aromatic carbocycles. The van der Waals surface area contributed by atoms with Gasteiger partial charge in [-0.2, -0.15) is 0 Å². The van der Waals surface area contributed by atoms with Gasteiger partial charge in [-0.15, -0.1) is 0 Å². The van der Waals surface area contributed by atoms with Crippen molar-refractivity contribution < 1.29 is 18.7 Å². The molecule has 1 aliphatic heterocycles. The predicted octanol–water partition coefficient (Wildman–Crippen LogP) is 2.77. The number of carbonyl (C=O) groups is 1. The summed E-state index contributed by atoms with van der Waals surface area (Å²) in [5, 5.41) is 1.10. The zero-order valence-electron chi connectivity index (χ0n) is 14.4. The van der Waals surface area contributed by atoms with E-state index in [4.69, 9.17) is 25.5 Å². The first-order chi connectivity index (χ1) is 11.8. The molecule has 134 valence electrons. The van der Waals surface area contributed by atoms with Crippen molar-refractivity contribution in [1.82, 2.24) is 4.90 Å². The number of hydrogen-bond acceptors (Lipinski definition) is 5. The van der Waals surface area contributed by atoms with Gasteiger partial charge in [0.2, 0.25) is 0 Å². The van der Waals surface area contributed by atoms with Gasteiger partial charge in [0.25, 0.3) is 5.91 Å². The molecule has 2 heterocycles. The van der Waals surface area contributed by atoms with Crippen LogP contribution in [0.15, 0.2) is 27.4 Å². The third kappa shape index (κ3) is 3.96. The fraction of sp³-hybridized carbons (Fsp3) is 0.444. The molecule has 3 rings (SSSR count). The van der Waals surface area contributed by atoms with Gasteiger partial charge in [0.1, 0.15) is 11.3 Å². The Morgan fingerprint density at radius 2 is 1.96 bits per heavy atom. The second kappa shape index (κ2) is 7.06. The zero-order valence-corrected chi connectivity index (χ0v) is 15.1. The summed E-state index contributed by atoms with van der Waals surface area (Å²) in [6.07, 6.45) is -0.0107. The van der Waals surface area contributed by atoms with Crippen LogP contribution in [0.3, 0.4) is 0 Å². The largest absolute Gasteiger partial charge is 0.482 e. The van der Waals surface area contributed by atoms with Crippen LogP contribution in [-0.2, 0) is 9.53 Å². The van der Waals surface area contributed by atoms with Gasteiger partial charge in [0, 0.05) is 30.6 Å². The van der Waals surface area contributed by atoms with E-state index in [2.05, 4.69) is 0 Å². The summed E-state index contributed by atoms with van der Waals surface area (Å²) < 4.78 is 16.4. The van der Waals surface area contributed by atoms with Crippen LogP contribution in [0.1, 0.15) is 19.4 Å². The van der Waals surface area contributed by atoms with Crippen molar-refractivity contribution in [2.75, 3.05) is 19.7 Å². The molecule has 0 spiro atoms. The molecule has 1 fully saturated rings. The van der Waals surface area contributed by atoms with Crippen LogP contribution in [0.5, 0.6) is 5.75 Å². The molecular weight excluding hydrogens is 346 g/mol. The molecule has 7 heteroatoms. The van der Waals surface area contributed by atoms with Crippen molar-refractivity contribution in [3.05, 3.63) is 39.2 Å². The average Bonchev–Trinajstić information content (AvgIpc) is 2.52. The van der Waals surface area contributed by atoms with E-state index < -0.39 is 5.63 Å². The first-order valence-electron chi connectivity index (χ1n) is 8.13. The highest BCUT2D eigenvalue weighted by molar-refractivity contribution is 6.32. The van der Waals surface area contributed by atoms with E-state index >= 15 is 0 Å². The van der Waals surface area contributed by atoms with Crippen LogP contribution in [-0.4, -0.2) is 42.7 Å². The Balaban J connectivity index is 1.75. The number of morpholine rings is 1. The molecule has 0 unspecified atom stereocenters. The molecule has 2 aromatic rings. The highest BCUT2D eigenvalue weighted by atomic mass is 35.5. The van der Waals surface area contributed by atoms with Gasteiger partial charge >= 0.3 is 5.63 Å². The maximum atomic E-state index is 12.4. The van der Waals surface area contributed by atoms with E-state index in [1.54, 1.807) is 24.0 Å². The van der Waals surface area contributed by atoms with E-state index in [1.807, 2.05) is 13.8 Å². The minimum absolute atomic E-state index is 0.00536. The number of benzene rings is 1. The monoisotopic (exact) mass is 365 g/mol. The van der Waals surface area contributed by atoms with Crippen LogP contribution < -0.4 is 10.4 Å². The lowest BCUT2D eigenvalue weighted by Crippen LogP contribution is -2.49. The first-order valence-corrected chi connectivity index (χ1v) is 8.51. The number of ether oxygens (including phenoxy) is 2. The molecule has 2 atom stereocenters. The maximum Gasteiger partial charge on any atom is 0.336 e. The highest BCUT2D eigenvalue weighted by Gasteiger charge is 2.26. The lowest BCUT2D eigenvalue weighted by molar-refractivity contribution is -0.145. The summed E-state index contributed by atoms with van der Waals surface area (Å²) in [4.78, 5) is 25.6. The van der Waals surface area contributed by atoms with Crippen LogP contribution in [0.2, 0.25) is 5.02 Å². The van der Waals surface area contributed by atoms with E-state index in [9.17, 15) is 9.59 Å². The summed E-state index contributed by atoms with van der Waals surface area (Å²) in [6.45, 7) is 6.60. The van der Waals surface area contributed by atoms with Crippen molar-refractivity contribution in [1.29, 1.82) is 0 Å². The SMILES string of the molecule is Cc1cc(=O)oc2cc(OCC(=O)N3C[C@@H](C)O[C@@H](C)C3)c(Cl)cc12. The predicted molar refractivity (Wildman–Crippen MR) is 94.3 cm³/mol. The molecule has 0 bridgehead atoms. The molecule has 0 aliphatic carbocycles. The summed E-state index contributed by atoms with van der Waals surface area (Å²) in [5.41, 5.74) is 0.711. The normalized spacial score (nSPS) is 20.7. The number of aryl methyl sites for hydroxylation is 1. The Bertz CT molecular complexity index is 852. The third-order valence-electron chi connectivity index (χ3n) is 4.13. The fourth-order valence-electron chi connectivity index (χ4n) is 3.04. The van der Waals surface area contributed by atoms with Gasteiger partial charge in [-0.3, -0.25) is 4.79 Å². The number of amides is 1. The van der Waals surface area contributed by atoms with Gasteiger partial charge in [0.05, 0.1) is 17.2 Å². The van der Waals surface area contributed by atoms with E-state index in [-0.39, 0.29) is 24.7 Å². The number of rotatable bonds is 3. The van der Waals surface area contributed by atoms with Gasteiger partial charge in [-0.25, -0.2) is 4.79 Å². The number of carbonyl (C=O) groups excluding carboxylic acids is 1. The van der Waals surface area contributed by atoms with Gasteiger partial charge < -0.3 is 18.8 Å². The van der Waals surface area contributed by atoms with Crippen LogP contribution in [0, 0.1) is 6.92 Å². The van der Waals surface area contributed by atoms with E-state index in [0.29, 0.717) is 29.4 Å². The Labute approximate surface area is 150 Å². The summed E-state index contributed by atoms with van der Waals surface area (Å²) in [5.74, 6) is 0.175. The molecular formula is C18H20ClNO5. The molecule has 0 N–H and O–H groups in total. The van der Waals surface area contributed by atoms with Gasteiger partial charge in [-0.1, -0.05) is 11.6 Å². The third-order valence-corrected chi connectivity index (χ3v) is 4.42. The molecule has 6 nitrogen and oxygen atoms in total. The zero-order chi connectivity index (χ0) is 18.1. The van der Waals surface area contributed by atoms with E-state index in [1.165, 1.54) is 6.07 Å². The quantitative estimate of drug-likeness (QED) is 0.782. The van der Waals surface area contributed by atoms with Crippen molar-refractivity contribution in [3.8, 4) is 5.75 Å². The lowest BCUT2D eigenvalue weighted by Gasteiger charge is -2.35. The van der Waals surface area contributed by atoms with Crippen molar-refractivity contribution in [3.63, 3.8) is 0 Å². The topological polar surface area (TPSA) is 69.0 Å². The molecule has 1 amide bonds. The highest BCUT2D eigenvalue weighted by Crippen LogP contribution is 2.31. The molecule has 1 aromatic heterocycles. The summed E-state index contributed by atoms with van der Waals surface area (Å²) in [7, 11) is 0. The number of fused-ring (bicyclic) bond motifs is 1. The lowest BCUT2D eigenvalue weighted by atomic mass is 10.1. The molecule has 25 heavy (non-hydrogen) atoms. The van der Waals surface area contributed by atoms with Crippen molar-refractivity contribution in [2.45, 2.75) is 33.0 Å². The van der Waals surface area contributed by atoms with Gasteiger partial charge in [0.15, 0.2) is 6.61 Å². The maximum absolute atomic E-state index is 12.4. The summed E-state index contributed by atoms with van der Waals surface area (Å²) in [6, 6.07) is 4.63.